The molecule has 0 atom stereocenters. The molecular formula is C26H26ClN5O. The molecule has 168 valence electrons. The van der Waals surface area contributed by atoms with Crippen LogP contribution in [0.5, 0.6) is 0 Å². The molecule has 0 aliphatic heterocycles. The molecule has 2 N–H and O–H groups in total. The number of nitrogens with one attached hydrogen (secondary N) is 2. The second-order valence-corrected chi connectivity index (χ2v) is 9.20. The third kappa shape index (κ3) is 4.86. The van der Waals surface area contributed by atoms with Gasteiger partial charge in [-0.1, -0.05) is 36.7 Å². The molecule has 2 aromatic carbocycles. The maximum atomic E-state index is 12.6. The van der Waals surface area contributed by atoms with Gasteiger partial charge in [0, 0.05) is 27.9 Å². The van der Waals surface area contributed by atoms with E-state index in [9.17, 15) is 4.79 Å². The molecule has 5 rings (SSSR count). The summed E-state index contributed by atoms with van der Waals surface area (Å²) in [5, 5.41) is 11.7. The van der Waals surface area contributed by atoms with Crippen molar-refractivity contribution < 1.29 is 4.79 Å². The van der Waals surface area contributed by atoms with E-state index in [1.54, 1.807) is 4.52 Å². The molecule has 0 bridgehead atoms. The van der Waals surface area contributed by atoms with Crippen LogP contribution in [0.4, 0.5) is 11.6 Å². The first-order valence-electron chi connectivity index (χ1n) is 11.3. The van der Waals surface area contributed by atoms with E-state index in [4.69, 9.17) is 11.6 Å². The minimum atomic E-state index is -0.0156. The molecule has 0 radical (unpaired) electrons. The Hall–Kier alpha value is -3.38. The van der Waals surface area contributed by atoms with Gasteiger partial charge in [-0.25, -0.2) is 4.52 Å². The van der Waals surface area contributed by atoms with Crippen molar-refractivity contribution in [3.63, 3.8) is 0 Å². The lowest BCUT2D eigenvalue weighted by Crippen LogP contribution is -2.37. The number of hydrogen-bond acceptors (Lipinski definition) is 4. The molecular weight excluding hydrogens is 434 g/mol. The molecule has 1 fully saturated rings. The van der Waals surface area contributed by atoms with E-state index in [0.29, 0.717) is 16.5 Å². The largest absolute Gasteiger partial charge is 0.349 e. The number of carbonyl (C=O) groups is 1. The number of pyridine rings is 1. The number of nitrogens with zero attached hydrogens (tertiary/aromatic N) is 3. The first kappa shape index (κ1) is 21.5. The van der Waals surface area contributed by atoms with Gasteiger partial charge in [0.1, 0.15) is 0 Å². The number of benzene rings is 2. The number of amides is 1. The summed E-state index contributed by atoms with van der Waals surface area (Å²) in [6, 6.07) is 21.2. The molecule has 4 aromatic rings. The minimum absolute atomic E-state index is 0.0156. The molecule has 2 heterocycles. The Bertz CT molecular complexity index is 1280. The third-order valence-electron chi connectivity index (χ3n) is 6.23. The fraction of sp³-hybridized carbons (Fsp3) is 0.269. The Labute approximate surface area is 198 Å². The van der Waals surface area contributed by atoms with Crippen LogP contribution >= 0.6 is 11.6 Å². The Morgan fingerprint density at radius 1 is 1.00 bits per heavy atom. The molecule has 6 nitrogen and oxygen atoms in total. The van der Waals surface area contributed by atoms with E-state index in [0.717, 1.165) is 41.4 Å². The average molecular weight is 460 g/mol. The van der Waals surface area contributed by atoms with Gasteiger partial charge in [0.05, 0.1) is 5.69 Å². The van der Waals surface area contributed by atoms with E-state index in [1.165, 1.54) is 12.8 Å². The van der Waals surface area contributed by atoms with Crippen LogP contribution in [-0.4, -0.2) is 26.5 Å². The monoisotopic (exact) mass is 459 g/mol. The van der Waals surface area contributed by atoms with Crippen LogP contribution < -0.4 is 10.6 Å². The summed E-state index contributed by atoms with van der Waals surface area (Å²) >= 11 is 6.17. The highest BCUT2D eigenvalue weighted by Crippen LogP contribution is 2.25. The summed E-state index contributed by atoms with van der Waals surface area (Å²) < 4.78 is 1.79. The molecule has 0 unspecified atom stereocenters. The molecule has 33 heavy (non-hydrogen) atoms. The molecule has 7 heteroatoms. The summed E-state index contributed by atoms with van der Waals surface area (Å²) in [6.45, 7) is 2.28. The van der Waals surface area contributed by atoms with Crippen molar-refractivity contribution in [2.75, 3.05) is 5.32 Å². The van der Waals surface area contributed by atoms with Gasteiger partial charge >= 0.3 is 0 Å². The molecule has 1 amide bonds. The van der Waals surface area contributed by atoms with Crippen molar-refractivity contribution >= 4 is 34.8 Å². The number of carbonyl (C=O) groups excluding carboxylic acids is 1. The number of aromatic nitrogens is 3. The van der Waals surface area contributed by atoms with Crippen LogP contribution in [0, 0.1) is 5.92 Å². The lowest BCUT2D eigenvalue weighted by atomic mass is 9.87. The molecule has 1 aliphatic carbocycles. The topological polar surface area (TPSA) is 71.3 Å². The fourth-order valence-corrected chi connectivity index (χ4v) is 4.52. The maximum Gasteiger partial charge on any atom is 0.251 e. The summed E-state index contributed by atoms with van der Waals surface area (Å²) in [4.78, 5) is 17.2. The fourth-order valence-electron chi connectivity index (χ4n) is 4.33. The number of fused-ring (bicyclic) bond motifs is 1. The van der Waals surface area contributed by atoms with Crippen molar-refractivity contribution in [2.24, 2.45) is 5.92 Å². The van der Waals surface area contributed by atoms with Crippen molar-refractivity contribution in [3.05, 3.63) is 77.3 Å². The Balaban J connectivity index is 1.30. The summed E-state index contributed by atoms with van der Waals surface area (Å²) in [5.41, 5.74) is 4.07. The van der Waals surface area contributed by atoms with E-state index in [-0.39, 0.29) is 11.9 Å². The van der Waals surface area contributed by atoms with Gasteiger partial charge in [0.15, 0.2) is 5.65 Å². The highest BCUT2D eigenvalue weighted by atomic mass is 35.5. The van der Waals surface area contributed by atoms with Crippen molar-refractivity contribution in [1.82, 2.24) is 19.9 Å². The maximum absolute atomic E-state index is 12.6. The predicted molar refractivity (Wildman–Crippen MR) is 132 cm³/mol. The van der Waals surface area contributed by atoms with Crippen LogP contribution in [0.3, 0.4) is 0 Å². The van der Waals surface area contributed by atoms with Gasteiger partial charge in [-0.3, -0.25) is 4.79 Å². The smallest absolute Gasteiger partial charge is 0.251 e. The molecule has 1 aliphatic rings. The lowest BCUT2D eigenvalue weighted by Gasteiger charge is -2.26. The van der Waals surface area contributed by atoms with Crippen molar-refractivity contribution in [3.8, 4) is 11.3 Å². The first-order chi connectivity index (χ1) is 16.0. The zero-order chi connectivity index (χ0) is 22.8. The van der Waals surface area contributed by atoms with Crippen LogP contribution in [0.1, 0.15) is 43.0 Å². The molecule has 0 spiro atoms. The van der Waals surface area contributed by atoms with Crippen LogP contribution in [0.2, 0.25) is 5.02 Å². The predicted octanol–water partition coefficient (Wildman–Crippen LogP) is 6.10. The van der Waals surface area contributed by atoms with Gasteiger partial charge in [0.2, 0.25) is 5.95 Å². The van der Waals surface area contributed by atoms with Gasteiger partial charge in [0.25, 0.3) is 5.91 Å². The van der Waals surface area contributed by atoms with Gasteiger partial charge in [-0.2, -0.15) is 4.98 Å². The number of rotatable bonds is 5. The second-order valence-electron chi connectivity index (χ2n) is 8.76. The van der Waals surface area contributed by atoms with Gasteiger partial charge < -0.3 is 10.6 Å². The van der Waals surface area contributed by atoms with E-state index in [2.05, 4.69) is 27.6 Å². The Morgan fingerprint density at radius 2 is 1.76 bits per heavy atom. The van der Waals surface area contributed by atoms with Crippen LogP contribution in [0.15, 0.2) is 66.7 Å². The zero-order valence-electron chi connectivity index (χ0n) is 18.5. The summed E-state index contributed by atoms with van der Waals surface area (Å²) in [6.07, 6.45) is 4.48. The Kier molecular flexibility index (Phi) is 6.01. The highest BCUT2D eigenvalue weighted by Gasteiger charge is 2.20. The SMILES string of the molecule is CC1CCC(NC(=O)c2ccc(Nc3nc4cccc(-c5cccc(Cl)c5)n4n3)cc2)CC1. The molecule has 1 saturated carbocycles. The quantitative estimate of drug-likeness (QED) is 0.378. The summed E-state index contributed by atoms with van der Waals surface area (Å²) in [7, 11) is 0. The van der Waals surface area contributed by atoms with Crippen LogP contribution in [-0.2, 0) is 0 Å². The highest BCUT2D eigenvalue weighted by molar-refractivity contribution is 6.30. The van der Waals surface area contributed by atoms with E-state index >= 15 is 0 Å². The van der Waals surface area contributed by atoms with Gasteiger partial charge in [-0.15, -0.1) is 5.10 Å². The van der Waals surface area contributed by atoms with Crippen molar-refractivity contribution in [2.45, 2.75) is 38.6 Å². The van der Waals surface area contributed by atoms with Crippen molar-refractivity contribution in [1.29, 1.82) is 0 Å². The first-order valence-corrected chi connectivity index (χ1v) is 11.7. The molecule has 2 aromatic heterocycles. The average Bonchev–Trinajstić information content (AvgIpc) is 3.23. The Morgan fingerprint density at radius 3 is 2.52 bits per heavy atom. The standard InChI is InChI=1S/C26H26ClN5O/c1-17-8-12-21(13-9-17)28-25(33)18-10-14-22(15-11-18)29-26-30-24-7-3-6-23(32(24)31-26)19-4-2-5-20(27)16-19/h2-7,10-11,14-17,21H,8-9,12-13H2,1H3,(H,28,33)(H,29,31). The minimum Gasteiger partial charge on any atom is -0.349 e. The number of halogens is 1. The summed E-state index contributed by atoms with van der Waals surface area (Å²) in [5.74, 6) is 1.23. The molecule has 0 saturated heterocycles. The number of hydrogen-bond donors (Lipinski definition) is 2. The zero-order valence-corrected chi connectivity index (χ0v) is 19.2. The second kappa shape index (κ2) is 9.24. The van der Waals surface area contributed by atoms with Crippen LogP contribution in [0.25, 0.3) is 16.9 Å². The van der Waals surface area contributed by atoms with Gasteiger partial charge in [-0.05, 0) is 80.1 Å². The normalized spacial score (nSPS) is 18.2. The number of anilines is 2. The third-order valence-corrected chi connectivity index (χ3v) is 6.47. The van der Waals surface area contributed by atoms with E-state index in [1.807, 2.05) is 66.7 Å². The lowest BCUT2D eigenvalue weighted by molar-refractivity contribution is 0.0923. The van der Waals surface area contributed by atoms with E-state index < -0.39 is 0 Å².